The summed E-state index contributed by atoms with van der Waals surface area (Å²) in [4.78, 5) is 0. The fourth-order valence-electron chi connectivity index (χ4n) is 2.99. The van der Waals surface area contributed by atoms with E-state index in [9.17, 15) is 8.78 Å². The van der Waals surface area contributed by atoms with Gasteiger partial charge in [-0.05, 0) is 23.8 Å². The van der Waals surface area contributed by atoms with Crippen LogP contribution in [-0.4, -0.2) is 12.7 Å². The van der Waals surface area contributed by atoms with Gasteiger partial charge in [-0.2, -0.15) is 8.78 Å². The van der Waals surface area contributed by atoms with E-state index in [4.69, 9.17) is 0 Å². The molecule has 0 heterocycles. The van der Waals surface area contributed by atoms with E-state index in [1.165, 1.54) is 0 Å². The summed E-state index contributed by atoms with van der Waals surface area (Å²) < 4.78 is 29.5. The molecule has 1 saturated carbocycles. The molecule has 0 amide bonds. The van der Waals surface area contributed by atoms with E-state index in [0.717, 1.165) is 5.56 Å². The topological polar surface area (TPSA) is 21.3 Å². The monoisotopic (exact) mass is 283 g/mol. The number of alkyl halides is 2. The largest absolute Gasteiger partial charge is 0.434 e. The zero-order chi connectivity index (χ0) is 15.1. The standard InChI is InChI=1S/C16H23F2NO/c1-10(19-13-15(2,3)16(13,4)5)11-8-6-7-9-12(11)20-14(17)18/h6-10,13-14,19H,1-5H3. The predicted octanol–water partition coefficient (Wildman–Crippen LogP) is 4.37. The van der Waals surface area contributed by atoms with Crippen molar-refractivity contribution < 1.29 is 13.5 Å². The van der Waals surface area contributed by atoms with Crippen molar-refractivity contribution >= 4 is 0 Å². The first kappa shape index (κ1) is 15.2. The molecule has 112 valence electrons. The lowest BCUT2D eigenvalue weighted by molar-refractivity contribution is -0.0506. The van der Waals surface area contributed by atoms with Gasteiger partial charge in [-0.25, -0.2) is 0 Å². The molecule has 0 saturated heterocycles. The minimum absolute atomic E-state index is 0.0315. The van der Waals surface area contributed by atoms with Crippen LogP contribution in [0.4, 0.5) is 8.78 Å². The smallest absolute Gasteiger partial charge is 0.387 e. The number of ether oxygens (including phenoxy) is 1. The van der Waals surface area contributed by atoms with Crippen LogP contribution in [0.25, 0.3) is 0 Å². The number of rotatable bonds is 5. The molecule has 1 atom stereocenters. The first-order valence-corrected chi connectivity index (χ1v) is 6.97. The lowest BCUT2D eigenvalue weighted by atomic mass is 10.0. The molecule has 1 N–H and O–H groups in total. The fraction of sp³-hybridized carbons (Fsp3) is 0.625. The molecule has 1 unspecified atom stereocenters. The van der Waals surface area contributed by atoms with Crippen molar-refractivity contribution in [1.29, 1.82) is 0 Å². The SMILES string of the molecule is CC(NC1C(C)(C)C1(C)C)c1ccccc1OC(F)F. The highest BCUT2D eigenvalue weighted by molar-refractivity contribution is 5.36. The molecule has 0 radical (unpaired) electrons. The maximum Gasteiger partial charge on any atom is 0.387 e. The van der Waals surface area contributed by atoms with E-state index < -0.39 is 6.61 Å². The van der Waals surface area contributed by atoms with Gasteiger partial charge in [0, 0.05) is 17.6 Å². The highest BCUT2D eigenvalue weighted by Gasteiger charge is 2.64. The summed E-state index contributed by atoms with van der Waals surface area (Å²) >= 11 is 0. The van der Waals surface area contributed by atoms with Crippen molar-refractivity contribution in [2.75, 3.05) is 0 Å². The van der Waals surface area contributed by atoms with Gasteiger partial charge >= 0.3 is 6.61 Å². The minimum atomic E-state index is -2.79. The molecule has 0 aliphatic heterocycles. The zero-order valence-electron chi connectivity index (χ0n) is 12.7. The highest BCUT2D eigenvalue weighted by Crippen LogP contribution is 2.63. The third-order valence-electron chi connectivity index (χ3n) is 5.04. The summed E-state index contributed by atoms with van der Waals surface area (Å²) in [7, 11) is 0. The number of hydrogen-bond acceptors (Lipinski definition) is 2. The van der Waals surface area contributed by atoms with Gasteiger partial charge in [-0.1, -0.05) is 45.9 Å². The first-order valence-electron chi connectivity index (χ1n) is 6.97. The van der Waals surface area contributed by atoms with Crippen molar-refractivity contribution in [3.8, 4) is 5.75 Å². The van der Waals surface area contributed by atoms with Crippen molar-refractivity contribution in [2.24, 2.45) is 10.8 Å². The first-order chi connectivity index (χ1) is 9.18. The number of benzene rings is 1. The summed E-state index contributed by atoms with van der Waals surface area (Å²) in [5.41, 5.74) is 1.19. The van der Waals surface area contributed by atoms with Crippen molar-refractivity contribution in [3.05, 3.63) is 29.8 Å². The summed E-state index contributed by atoms with van der Waals surface area (Å²) in [6.07, 6.45) is 0. The second-order valence-electron chi connectivity index (χ2n) is 6.68. The van der Waals surface area contributed by atoms with Crippen molar-refractivity contribution in [2.45, 2.75) is 53.3 Å². The molecule has 0 spiro atoms. The maximum absolute atomic E-state index is 12.4. The molecule has 1 fully saturated rings. The highest BCUT2D eigenvalue weighted by atomic mass is 19.3. The van der Waals surface area contributed by atoms with Gasteiger partial charge in [0.05, 0.1) is 0 Å². The van der Waals surface area contributed by atoms with Gasteiger partial charge in [-0.3, -0.25) is 0 Å². The molecule has 20 heavy (non-hydrogen) atoms. The average Bonchev–Trinajstić information content (AvgIpc) is 2.71. The van der Waals surface area contributed by atoms with Gasteiger partial charge in [0.2, 0.25) is 0 Å². The Labute approximate surface area is 119 Å². The van der Waals surface area contributed by atoms with Crippen LogP contribution < -0.4 is 10.1 Å². The molecule has 1 aliphatic carbocycles. The third kappa shape index (κ3) is 2.53. The number of nitrogens with one attached hydrogen (secondary N) is 1. The van der Waals surface area contributed by atoms with E-state index in [1.54, 1.807) is 12.1 Å². The Kier molecular flexibility index (Phi) is 3.80. The van der Waals surface area contributed by atoms with E-state index in [-0.39, 0.29) is 22.6 Å². The number of hydrogen-bond donors (Lipinski definition) is 1. The van der Waals surface area contributed by atoms with Crippen LogP contribution >= 0.6 is 0 Å². The molecular weight excluding hydrogens is 260 g/mol. The van der Waals surface area contributed by atoms with Gasteiger partial charge in [-0.15, -0.1) is 0 Å². The number of para-hydroxylation sites is 1. The van der Waals surface area contributed by atoms with E-state index in [1.807, 2.05) is 19.1 Å². The van der Waals surface area contributed by atoms with E-state index in [0.29, 0.717) is 6.04 Å². The zero-order valence-corrected chi connectivity index (χ0v) is 12.7. The third-order valence-corrected chi connectivity index (χ3v) is 5.04. The minimum Gasteiger partial charge on any atom is -0.434 e. The molecule has 2 nitrogen and oxygen atoms in total. The summed E-state index contributed by atoms with van der Waals surface area (Å²) in [6, 6.07) is 7.30. The Balaban J connectivity index is 2.13. The molecule has 4 heteroatoms. The van der Waals surface area contributed by atoms with Crippen LogP contribution in [0.1, 0.15) is 46.2 Å². The fourth-order valence-corrected chi connectivity index (χ4v) is 2.99. The Hall–Kier alpha value is -1.16. The Morgan fingerprint density at radius 2 is 1.65 bits per heavy atom. The maximum atomic E-state index is 12.4. The molecule has 1 aromatic carbocycles. The Morgan fingerprint density at radius 3 is 2.15 bits per heavy atom. The van der Waals surface area contributed by atoms with Crippen LogP contribution in [0.15, 0.2) is 24.3 Å². The quantitative estimate of drug-likeness (QED) is 0.866. The van der Waals surface area contributed by atoms with Crippen LogP contribution in [0, 0.1) is 10.8 Å². The molecule has 1 aromatic rings. The van der Waals surface area contributed by atoms with Gasteiger partial charge in [0.15, 0.2) is 0 Å². The van der Waals surface area contributed by atoms with Gasteiger partial charge in [0.25, 0.3) is 0 Å². The Bertz CT molecular complexity index is 471. The summed E-state index contributed by atoms with van der Waals surface area (Å²) in [5, 5.41) is 3.54. The Morgan fingerprint density at radius 1 is 1.10 bits per heavy atom. The van der Waals surface area contributed by atoms with Crippen LogP contribution in [0.2, 0.25) is 0 Å². The summed E-state index contributed by atoms with van der Waals surface area (Å²) in [5.74, 6) is 0.249. The van der Waals surface area contributed by atoms with Crippen molar-refractivity contribution in [3.63, 3.8) is 0 Å². The molecule has 1 aliphatic rings. The summed E-state index contributed by atoms with van der Waals surface area (Å²) in [6.45, 7) is 8.07. The van der Waals surface area contributed by atoms with E-state index in [2.05, 4.69) is 37.7 Å². The van der Waals surface area contributed by atoms with E-state index >= 15 is 0 Å². The van der Waals surface area contributed by atoms with Crippen molar-refractivity contribution in [1.82, 2.24) is 5.32 Å². The normalized spacial score (nSPS) is 21.8. The second-order valence-corrected chi connectivity index (χ2v) is 6.68. The predicted molar refractivity (Wildman–Crippen MR) is 76.0 cm³/mol. The molecule has 0 aromatic heterocycles. The van der Waals surface area contributed by atoms with Crippen LogP contribution in [-0.2, 0) is 0 Å². The average molecular weight is 283 g/mol. The second kappa shape index (κ2) is 4.99. The van der Waals surface area contributed by atoms with Crippen LogP contribution in [0.5, 0.6) is 5.75 Å². The lowest BCUT2D eigenvalue weighted by Crippen LogP contribution is -2.26. The lowest BCUT2D eigenvalue weighted by Gasteiger charge is -2.19. The molecule has 2 rings (SSSR count). The molecule has 0 bridgehead atoms. The number of halogens is 2. The van der Waals surface area contributed by atoms with Gasteiger partial charge < -0.3 is 10.1 Å². The molecular formula is C16H23F2NO. The van der Waals surface area contributed by atoms with Crippen LogP contribution in [0.3, 0.4) is 0 Å². The van der Waals surface area contributed by atoms with Gasteiger partial charge in [0.1, 0.15) is 5.75 Å².